The van der Waals surface area contributed by atoms with Crippen LogP contribution in [0.4, 0.5) is 34.1 Å². The Balaban J connectivity index is 1.27. The average Bonchev–Trinajstić information content (AvgIpc) is 3.06. The van der Waals surface area contributed by atoms with E-state index in [1.807, 2.05) is 0 Å². The number of nitrogen functional groups attached to an aromatic ring is 2. The first kappa shape index (κ1) is 35.8. The number of hydrogen-bond acceptors (Lipinski definition) is 14. The van der Waals surface area contributed by atoms with Crippen LogP contribution >= 0.6 is 0 Å². The van der Waals surface area contributed by atoms with Crippen molar-refractivity contribution in [1.82, 2.24) is 0 Å². The van der Waals surface area contributed by atoms with Crippen LogP contribution in [-0.2, 0) is 30.1 Å². The Bertz CT molecular complexity index is 2840. The summed E-state index contributed by atoms with van der Waals surface area (Å²) in [6.45, 7) is 0. The molecule has 0 heterocycles. The molecule has 0 aliphatic rings. The molecule has 0 saturated heterocycles. The second-order valence-corrected chi connectivity index (χ2v) is 16.2. The van der Waals surface area contributed by atoms with E-state index in [2.05, 4.69) is 20.5 Å². The highest BCUT2D eigenvalue weighted by molar-refractivity contribution is 7.90. The largest absolute Gasteiger partial charge is 0.505 e. The molecule has 0 spiro atoms. The Morgan fingerprint density at radius 3 is 1.52 bits per heavy atom. The molecule has 6 aromatic carbocycles. The zero-order valence-electron chi connectivity index (χ0n) is 26.6. The van der Waals surface area contributed by atoms with E-state index in [1.165, 1.54) is 30.3 Å². The van der Waals surface area contributed by atoms with Crippen LogP contribution in [0.2, 0.25) is 0 Å². The van der Waals surface area contributed by atoms with E-state index in [0.717, 1.165) is 30.5 Å². The van der Waals surface area contributed by atoms with Gasteiger partial charge < -0.3 is 21.7 Å². The van der Waals surface area contributed by atoms with Gasteiger partial charge in [0.2, 0.25) is 0 Å². The summed E-state index contributed by atoms with van der Waals surface area (Å²) < 4.78 is 92.3. The summed E-state index contributed by atoms with van der Waals surface area (Å²) in [6.07, 6.45) is 0.928. The molecule has 16 nitrogen and oxygen atoms in total. The van der Waals surface area contributed by atoms with Crippen molar-refractivity contribution in [2.24, 2.45) is 20.5 Å². The molecule has 52 heavy (non-hydrogen) atoms. The van der Waals surface area contributed by atoms with Gasteiger partial charge in [-0.2, -0.15) is 27.1 Å². The van der Waals surface area contributed by atoms with Crippen LogP contribution in [0.3, 0.4) is 0 Å². The minimum absolute atomic E-state index is 0.0679. The van der Waals surface area contributed by atoms with Crippen LogP contribution in [0.1, 0.15) is 0 Å². The molecule has 0 fully saturated rings. The van der Waals surface area contributed by atoms with Crippen molar-refractivity contribution in [2.45, 2.75) is 14.7 Å². The first-order valence-corrected chi connectivity index (χ1v) is 19.4. The number of fused-ring (bicyclic) bond motifs is 2. The Kier molecular flexibility index (Phi) is 8.93. The van der Waals surface area contributed by atoms with Crippen molar-refractivity contribution in [1.29, 1.82) is 0 Å². The molecule has 0 amide bonds. The molecule has 8 N–H and O–H groups in total. The lowest BCUT2D eigenvalue weighted by Gasteiger charge is -2.12. The molecule has 0 unspecified atom stereocenters. The van der Waals surface area contributed by atoms with Crippen LogP contribution < -0.4 is 11.5 Å². The Labute approximate surface area is 295 Å². The topological polar surface area (TPSA) is 285 Å². The molecule has 0 bridgehead atoms. The third kappa shape index (κ3) is 7.11. The van der Waals surface area contributed by atoms with Gasteiger partial charge in [-0.05, 0) is 82.6 Å². The average molecular weight is 763 g/mol. The van der Waals surface area contributed by atoms with E-state index in [0.29, 0.717) is 22.2 Å². The van der Waals surface area contributed by atoms with Gasteiger partial charge in [-0.3, -0.25) is 9.11 Å². The van der Waals surface area contributed by atoms with Gasteiger partial charge in [0, 0.05) is 28.4 Å². The summed E-state index contributed by atoms with van der Waals surface area (Å²) >= 11 is 0. The van der Waals surface area contributed by atoms with Gasteiger partial charge in [-0.15, -0.1) is 10.2 Å². The van der Waals surface area contributed by atoms with Crippen molar-refractivity contribution in [2.75, 3.05) is 17.7 Å². The minimum atomic E-state index is -4.97. The summed E-state index contributed by atoms with van der Waals surface area (Å²) in [5.41, 5.74) is 12.8. The van der Waals surface area contributed by atoms with E-state index in [-0.39, 0.29) is 38.1 Å². The molecule has 19 heteroatoms. The fourth-order valence-corrected chi connectivity index (χ4v) is 7.30. The molecule has 0 atom stereocenters. The monoisotopic (exact) mass is 762 g/mol. The summed E-state index contributed by atoms with van der Waals surface area (Å²) in [5, 5.41) is 37.9. The van der Waals surface area contributed by atoms with Crippen LogP contribution in [0.25, 0.3) is 32.7 Å². The van der Waals surface area contributed by atoms with Crippen molar-refractivity contribution in [3.63, 3.8) is 0 Å². The second kappa shape index (κ2) is 13.0. The molecule has 0 aromatic heterocycles. The number of hydrogen-bond donors (Lipinski definition) is 6. The third-order valence-corrected chi connectivity index (χ3v) is 10.6. The van der Waals surface area contributed by atoms with Crippen molar-refractivity contribution in [3.8, 4) is 22.6 Å². The Hall–Kier alpha value is -5.99. The number of sulfone groups is 1. The molecular formula is C33H26N6O10S3. The van der Waals surface area contributed by atoms with Crippen LogP contribution in [-0.4, -0.2) is 50.8 Å². The van der Waals surface area contributed by atoms with Gasteiger partial charge in [-0.1, -0.05) is 30.3 Å². The smallest absolute Gasteiger partial charge is 0.296 e. The molecule has 6 aromatic rings. The fraction of sp³-hybridized carbons (Fsp3) is 0.0303. The predicted molar refractivity (Wildman–Crippen MR) is 193 cm³/mol. The number of azo groups is 2. The molecule has 266 valence electrons. The van der Waals surface area contributed by atoms with E-state index >= 15 is 0 Å². The predicted octanol–water partition coefficient (Wildman–Crippen LogP) is 6.96. The highest BCUT2D eigenvalue weighted by Gasteiger charge is 2.25. The number of anilines is 2. The molecular weight excluding hydrogens is 737 g/mol. The van der Waals surface area contributed by atoms with Gasteiger partial charge in [0.1, 0.15) is 21.2 Å². The second-order valence-electron chi connectivity index (χ2n) is 11.5. The summed E-state index contributed by atoms with van der Waals surface area (Å²) in [5.74, 6) is -1.28. The van der Waals surface area contributed by atoms with Crippen molar-refractivity contribution < 1.29 is 44.6 Å². The van der Waals surface area contributed by atoms with Gasteiger partial charge in [-0.25, -0.2) is 8.42 Å². The van der Waals surface area contributed by atoms with Crippen LogP contribution in [0.15, 0.2) is 126 Å². The maximum Gasteiger partial charge on any atom is 0.296 e. The summed E-state index contributed by atoms with van der Waals surface area (Å²) in [4.78, 5) is -1.69. The lowest BCUT2D eigenvalue weighted by Crippen LogP contribution is -2.02. The lowest BCUT2D eigenvalue weighted by molar-refractivity contribution is 0.472. The van der Waals surface area contributed by atoms with E-state index < -0.39 is 62.7 Å². The van der Waals surface area contributed by atoms with Crippen molar-refractivity contribution >= 4 is 85.7 Å². The minimum Gasteiger partial charge on any atom is -0.505 e. The number of benzene rings is 6. The summed E-state index contributed by atoms with van der Waals surface area (Å²) in [6, 6.07) is 21.6. The van der Waals surface area contributed by atoms with Gasteiger partial charge in [0.25, 0.3) is 20.2 Å². The number of phenolic OH excluding ortho intramolecular Hbond substituents is 2. The Morgan fingerprint density at radius 2 is 1.04 bits per heavy atom. The highest BCUT2D eigenvalue weighted by Crippen LogP contribution is 2.45. The molecule has 0 radical (unpaired) electrons. The molecule has 0 aliphatic carbocycles. The quantitative estimate of drug-likeness (QED) is 0.0521. The number of rotatable bonds is 8. The normalized spacial score (nSPS) is 12.8. The van der Waals surface area contributed by atoms with Gasteiger partial charge in [0.05, 0.1) is 16.3 Å². The number of nitrogens with two attached hydrogens (primary N) is 2. The maximum absolute atomic E-state index is 12.2. The van der Waals surface area contributed by atoms with E-state index in [9.17, 15) is 44.6 Å². The molecule has 6 rings (SSSR count). The van der Waals surface area contributed by atoms with Crippen molar-refractivity contribution in [3.05, 3.63) is 91.0 Å². The highest BCUT2D eigenvalue weighted by atomic mass is 32.2. The first-order chi connectivity index (χ1) is 24.3. The zero-order chi connectivity index (χ0) is 37.7. The summed E-state index contributed by atoms with van der Waals surface area (Å²) in [7, 11) is -13.5. The Morgan fingerprint density at radius 1 is 0.558 bits per heavy atom. The SMILES string of the molecule is CS(=O)(=O)c1cc(N)c2c(O)c(N=Nc3ccc(-c4ccc(N=Nc5c(S(=O)(=O)O)cc6ccc(N)cc6c5O)cc4)cc3)c(S(=O)(=O)O)cc2c1. The zero-order valence-corrected chi connectivity index (χ0v) is 29.0. The van der Waals surface area contributed by atoms with E-state index in [1.54, 1.807) is 36.4 Å². The molecule has 0 aliphatic heterocycles. The number of nitrogens with zero attached hydrogens (tertiary/aromatic N) is 4. The lowest BCUT2D eigenvalue weighted by atomic mass is 10.1. The van der Waals surface area contributed by atoms with Gasteiger partial charge in [0.15, 0.2) is 21.3 Å². The number of aromatic hydroxyl groups is 2. The van der Waals surface area contributed by atoms with Gasteiger partial charge >= 0.3 is 0 Å². The molecule has 0 saturated carbocycles. The maximum atomic E-state index is 12.2. The number of phenols is 2. The van der Waals surface area contributed by atoms with Crippen LogP contribution in [0, 0.1) is 0 Å². The third-order valence-electron chi connectivity index (χ3n) is 7.81. The first-order valence-electron chi connectivity index (χ1n) is 14.6. The standard InChI is InChI=1S/C33H26N6O10S3/c1-50(42,43)24-12-20-14-28(52(47,48)49)31(33(41)29(20)26(35)16-24)39-37-23-10-5-18(6-11-23)17-3-8-22(9-4-17)36-38-30-27(51(44,45)46)13-19-2-7-21(34)15-25(19)32(30)40/h2-16,40-41H,34-35H2,1H3,(H,44,45,46)(H,47,48,49). The van der Waals surface area contributed by atoms with E-state index in [4.69, 9.17) is 11.5 Å². The van der Waals surface area contributed by atoms with Crippen LogP contribution in [0.5, 0.6) is 11.5 Å². The fourth-order valence-electron chi connectivity index (χ4n) is 5.31.